The fraction of sp³-hybridized carbons (Fsp3) is 0.263. The molecule has 1 aromatic carbocycles. The van der Waals surface area contributed by atoms with Gasteiger partial charge in [-0.05, 0) is 48.7 Å². The first-order valence-corrected chi connectivity index (χ1v) is 10.1. The highest BCUT2D eigenvalue weighted by Crippen LogP contribution is 2.12. The molecular weight excluding hydrogens is 384 g/mol. The second-order valence-electron chi connectivity index (χ2n) is 5.95. The maximum Gasteiger partial charge on any atom is 0.303 e. The average molecular weight is 406 g/mol. The van der Waals surface area contributed by atoms with Crippen LogP contribution in [0.3, 0.4) is 0 Å². The SMILES string of the molecule is O=C(O)CCCCNC(=O)/C=C/c1ccc(S(=O)(=O)NCc2ccco2)cc1. The number of benzene rings is 1. The van der Waals surface area contributed by atoms with Gasteiger partial charge >= 0.3 is 5.97 Å². The molecule has 3 N–H and O–H groups in total. The quantitative estimate of drug-likeness (QED) is 0.388. The van der Waals surface area contributed by atoms with Crippen LogP contribution in [-0.2, 0) is 26.2 Å². The number of rotatable bonds is 11. The van der Waals surface area contributed by atoms with E-state index in [0.717, 1.165) is 0 Å². The number of hydrogen-bond donors (Lipinski definition) is 3. The maximum atomic E-state index is 12.2. The average Bonchev–Trinajstić information content (AvgIpc) is 3.18. The molecule has 0 radical (unpaired) electrons. The van der Waals surface area contributed by atoms with Crippen LogP contribution in [-0.4, -0.2) is 31.9 Å². The lowest BCUT2D eigenvalue weighted by Crippen LogP contribution is -2.23. The second kappa shape index (κ2) is 10.4. The summed E-state index contributed by atoms with van der Waals surface area (Å²) in [7, 11) is -3.66. The molecule has 0 aliphatic carbocycles. The van der Waals surface area contributed by atoms with Crippen molar-refractivity contribution in [2.24, 2.45) is 0 Å². The summed E-state index contributed by atoms with van der Waals surface area (Å²) in [6.07, 6.45) is 5.55. The molecule has 0 saturated carbocycles. The van der Waals surface area contributed by atoms with Crippen LogP contribution in [0.4, 0.5) is 0 Å². The highest BCUT2D eigenvalue weighted by molar-refractivity contribution is 7.89. The van der Waals surface area contributed by atoms with E-state index in [1.807, 2.05) is 0 Å². The van der Waals surface area contributed by atoms with Gasteiger partial charge in [-0.15, -0.1) is 0 Å². The Kier molecular flexibility index (Phi) is 7.97. The predicted octanol–water partition coefficient (Wildman–Crippen LogP) is 2.14. The third-order valence-corrected chi connectivity index (χ3v) is 5.17. The van der Waals surface area contributed by atoms with Crippen molar-refractivity contribution in [2.45, 2.75) is 30.7 Å². The number of furan rings is 1. The van der Waals surface area contributed by atoms with Crippen LogP contribution in [0.5, 0.6) is 0 Å². The van der Waals surface area contributed by atoms with Gasteiger partial charge in [-0.1, -0.05) is 12.1 Å². The molecule has 2 aromatic rings. The van der Waals surface area contributed by atoms with Crippen molar-refractivity contribution in [3.8, 4) is 0 Å². The van der Waals surface area contributed by atoms with Crippen LogP contribution < -0.4 is 10.0 Å². The minimum atomic E-state index is -3.66. The summed E-state index contributed by atoms with van der Waals surface area (Å²) >= 11 is 0. The molecule has 1 heterocycles. The van der Waals surface area contributed by atoms with E-state index in [-0.39, 0.29) is 23.8 Å². The molecule has 0 bridgehead atoms. The summed E-state index contributed by atoms with van der Waals surface area (Å²) in [6, 6.07) is 9.45. The van der Waals surface area contributed by atoms with Gasteiger partial charge in [0, 0.05) is 19.0 Å². The van der Waals surface area contributed by atoms with E-state index in [2.05, 4.69) is 10.0 Å². The van der Waals surface area contributed by atoms with Crippen molar-refractivity contribution in [3.63, 3.8) is 0 Å². The molecule has 0 atom stereocenters. The molecule has 0 aliphatic rings. The predicted molar refractivity (Wildman–Crippen MR) is 103 cm³/mol. The molecule has 1 amide bonds. The number of nitrogens with one attached hydrogen (secondary N) is 2. The lowest BCUT2D eigenvalue weighted by Gasteiger charge is -2.05. The van der Waals surface area contributed by atoms with Crippen molar-refractivity contribution in [2.75, 3.05) is 6.54 Å². The van der Waals surface area contributed by atoms with Crippen LogP contribution in [0.15, 0.2) is 58.1 Å². The zero-order valence-corrected chi connectivity index (χ0v) is 15.9. The van der Waals surface area contributed by atoms with E-state index in [4.69, 9.17) is 9.52 Å². The summed E-state index contributed by atoms with van der Waals surface area (Å²) in [6.45, 7) is 0.457. The fourth-order valence-electron chi connectivity index (χ4n) is 2.26. The number of carboxylic acid groups (broad SMARTS) is 1. The highest BCUT2D eigenvalue weighted by atomic mass is 32.2. The second-order valence-corrected chi connectivity index (χ2v) is 7.72. The molecule has 0 aliphatic heterocycles. The minimum absolute atomic E-state index is 0.0592. The lowest BCUT2D eigenvalue weighted by molar-refractivity contribution is -0.137. The Bertz CT molecular complexity index is 902. The van der Waals surface area contributed by atoms with Crippen molar-refractivity contribution in [1.29, 1.82) is 0 Å². The third-order valence-electron chi connectivity index (χ3n) is 3.75. The number of unbranched alkanes of at least 4 members (excludes halogenated alkanes) is 1. The van der Waals surface area contributed by atoms with Gasteiger partial charge in [0.25, 0.3) is 0 Å². The minimum Gasteiger partial charge on any atom is -0.481 e. The van der Waals surface area contributed by atoms with Crippen molar-refractivity contribution in [1.82, 2.24) is 10.0 Å². The van der Waals surface area contributed by atoms with Gasteiger partial charge in [-0.25, -0.2) is 13.1 Å². The number of carboxylic acids is 1. The van der Waals surface area contributed by atoms with Gasteiger partial charge in [0.1, 0.15) is 5.76 Å². The standard InChI is InChI=1S/C19H22N2O6S/c22-18(20-12-2-1-5-19(23)24)11-8-15-6-9-17(10-7-15)28(25,26)21-14-16-4-3-13-27-16/h3-4,6-11,13,21H,1-2,5,12,14H2,(H,20,22)(H,23,24)/b11-8+. The Morgan fingerprint density at radius 3 is 2.50 bits per heavy atom. The first-order chi connectivity index (χ1) is 13.4. The van der Waals surface area contributed by atoms with Gasteiger partial charge in [0.2, 0.25) is 15.9 Å². The molecule has 2 rings (SSSR count). The molecule has 8 nitrogen and oxygen atoms in total. The van der Waals surface area contributed by atoms with Crippen molar-refractivity contribution in [3.05, 3.63) is 60.1 Å². The van der Waals surface area contributed by atoms with Gasteiger partial charge in [-0.3, -0.25) is 9.59 Å². The van der Waals surface area contributed by atoms with Crippen LogP contribution in [0.2, 0.25) is 0 Å². The maximum absolute atomic E-state index is 12.2. The van der Waals surface area contributed by atoms with Gasteiger partial charge < -0.3 is 14.8 Å². The Morgan fingerprint density at radius 2 is 1.86 bits per heavy atom. The molecule has 9 heteroatoms. The molecule has 0 unspecified atom stereocenters. The first-order valence-electron chi connectivity index (χ1n) is 8.66. The van der Waals surface area contributed by atoms with Crippen LogP contribution >= 0.6 is 0 Å². The third kappa shape index (κ3) is 7.37. The van der Waals surface area contributed by atoms with E-state index in [1.54, 1.807) is 30.3 Å². The Labute approximate surface area is 163 Å². The molecule has 0 spiro atoms. The summed E-state index contributed by atoms with van der Waals surface area (Å²) < 4.78 is 32.0. The van der Waals surface area contributed by atoms with E-state index in [9.17, 15) is 18.0 Å². The Morgan fingerprint density at radius 1 is 1.11 bits per heavy atom. The van der Waals surface area contributed by atoms with Crippen LogP contribution in [0.1, 0.15) is 30.6 Å². The summed E-state index contributed by atoms with van der Waals surface area (Å²) in [5.41, 5.74) is 0.672. The van der Waals surface area contributed by atoms with Crippen LogP contribution in [0, 0.1) is 0 Å². The number of carbonyl (C=O) groups excluding carboxylic acids is 1. The Hall–Kier alpha value is -2.91. The molecule has 28 heavy (non-hydrogen) atoms. The molecule has 0 saturated heterocycles. The summed E-state index contributed by atoms with van der Waals surface area (Å²) in [5, 5.41) is 11.2. The van der Waals surface area contributed by atoms with E-state index < -0.39 is 16.0 Å². The monoisotopic (exact) mass is 406 g/mol. The normalized spacial score (nSPS) is 11.6. The topological polar surface area (TPSA) is 126 Å². The largest absolute Gasteiger partial charge is 0.481 e. The van der Waals surface area contributed by atoms with E-state index in [0.29, 0.717) is 30.7 Å². The van der Waals surface area contributed by atoms with E-state index in [1.165, 1.54) is 24.5 Å². The molecule has 150 valence electrons. The molecule has 1 aromatic heterocycles. The zero-order valence-electron chi connectivity index (χ0n) is 15.1. The van der Waals surface area contributed by atoms with Gasteiger partial charge in [0.15, 0.2) is 0 Å². The smallest absolute Gasteiger partial charge is 0.303 e. The van der Waals surface area contributed by atoms with Crippen molar-refractivity contribution >= 4 is 28.0 Å². The summed E-state index contributed by atoms with van der Waals surface area (Å²) in [4.78, 5) is 22.2. The number of hydrogen-bond acceptors (Lipinski definition) is 5. The number of sulfonamides is 1. The number of aliphatic carboxylic acids is 1. The fourth-order valence-corrected chi connectivity index (χ4v) is 3.26. The number of amides is 1. The van der Waals surface area contributed by atoms with Gasteiger partial charge in [-0.2, -0.15) is 0 Å². The zero-order chi connectivity index (χ0) is 20.4. The summed E-state index contributed by atoms with van der Waals surface area (Å²) in [5.74, 6) is -0.642. The lowest BCUT2D eigenvalue weighted by atomic mass is 10.2. The molecular formula is C19H22N2O6S. The van der Waals surface area contributed by atoms with Crippen LogP contribution in [0.25, 0.3) is 6.08 Å². The van der Waals surface area contributed by atoms with Gasteiger partial charge in [0.05, 0.1) is 17.7 Å². The highest BCUT2D eigenvalue weighted by Gasteiger charge is 2.13. The Balaban J connectivity index is 1.81. The van der Waals surface area contributed by atoms with Crippen molar-refractivity contribution < 1.29 is 27.5 Å². The number of carbonyl (C=O) groups is 2. The van der Waals surface area contributed by atoms with E-state index >= 15 is 0 Å². The molecule has 0 fully saturated rings. The first kappa shape index (κ1) is 21.4.